The molecule has 1 aromatic carbocycles. The Bertz CT molecular complexity index is 947. The molecule has 7 nitrogen and oxygen atoms in total. The third-order valence-corrected chi connectivity index (χ3v) is 5.10. The van der Waals surface area contributed by atoms with Crippen molar-refractivity contribution >= 4 is 16.7 Å². The third-order valence-electron chi connectivity index (χ3n) is 5.10. The van der Waals surface area contributed by atoms with Crippen molar-refractivity contribution in [2.75, 3.05) is 32.2 Å². The van der Waals surface area contributed by atoms with E-state index in [2.05, 4.69) is 44.5 Å². The molecule has 3 heterocycles. The molecular formula is C20H25N5O2. The topological polar surface area (TPSA) is 65.3 Å². The van der Waals surface area contributed by atoms with Crippen molar-refractivity contribution in [1.29, 1.82) is 0 Å². The number of methoxy groups -OCH3 is 2. The molecule has 2 aromatic heterocycles. The van der Waals surface area contributed by atoms with Gasteiger partial charge in [-0.05, 0) is 6.07 Å². The first kappa shape index (κ1) is 17.6. The summed E-state index contributed by atoms with van der Waals surface area (Å²) in [5.41, 5.74) is 0.859. The Kier molecular flexibility index (Phi) is 4.59. The van der Waals surface area contributed by atoms with E-state index in [-0.39, 0.29) is 0 Å². The zero-order valence-corrected chi connectivity index (χ0v) is 16.2. The van der Waals surface area contributed by atoms with Gasteiger partial charge in [0.15, 0.2) is 11.5 Å². The summed E-state index contributed by atoms with van der Waals surface area (Å²) in [5.74, 6) is 4.49. The largest absolute Gasteiger partial charge is 0.493 e. The van der Waals surface area contributed by atoms with E-state index >= 15 is 0 Å². The number of hydrogen-bond donors (Lipinski definition) is 0. The van der Waals surface area contributed by atoms with Crippen molar-refractivity contribution in [3.8, 4) is 11.5 Å². The lowest BCUT2D eigenvalue weighted by Gasteiger charge is -2.41. The predicted molar refractivity (Wildman–Crippen MR) is 105 cm³/mol. The molecule has 0 bridgehead atoms. The quantitative estimate of drug-likeness (QED) is 0.667. The van der Waals surface area contributed by atoms with Gasteiger partial charge in [-0.3, -0.25) is 0 Å². The summed E-state index contributed by atoms with van der Waals surface area (Å²) in [5, 5.41) is 0.985. The van der Waals surface area contributed by atoms with E-state index in [1.54, 1.807) is 20.5 Å². The summed E-state index contributed by atoms with van der Waals surface area (Å²) in [6.45, 7) is 7.29. The molecule has 1 aliphatic heterocycles. The lowest BCUT2D eigenvalue weighted by atomic mass is 9.99. The molecule has 0 atom stereocenters. The number of ether oxygens (including phenoxy) is 2. The summed E-state index contributed by atoms with van der Waals surface area (Å²) in [6, 6.07) is 3.86. The highest BCUT2D eigenvalue weighted by atomic mass is 16.5. The molecule has 1 saturated heterocycles. The van der Waals surface area contributed by atoms with Crippen LogP contribution in [0.1, 0.15) is 25.6 Å². The van der Waals surface area contributed by atoms with Crippen molar-refractivity contribution in [1.82, 2.24) is 19.5 Å². The summed E-state index contributed by atoms with van der Waals surface area (Å²) in [7, 11) is 3.28. The maximum Gasteiger partial charge on any atom is 0.162 e. The van der Waals surface area contributed by atoms with E-state index < -0.39 is 0 Å². The number of imidazole rings is 1. The molecule has 0 unspecified atom stereocenters. The second kappa shape index (κ2) is 7.06. The van der Waals surface area contributed by atoms with Gasteiger partial charge in [-0.2, -0.15) is 0 Å². The van der Waals surface area contributed by atoms with Gasteiger partial charge in [-0.15, -0.1) is 0 Å². The van der Waals surface area contributed by atoms with E-state index in [4.69, 9.17) is 9.47 Å². The fraction of sp³-hybridized carbons (Fsp3) is 0.450. The second-order valence-corrected chi connectivity index (χ2v) is 7.29. The maximum atomic E-state index is 5.45. The zero-order chi connectivity index (χ0) is 19.0. The van der Waals surface area contributed by atoms with Crippen LogP contribution in [0.3, 0.4) is 0 Å². The van der Waals surface area contributed by atoms with Crippen LogP contribution in [0.4, 0.5) is 5.82 Å². The molecule has 4 rings (SSSR count). The Labute approximate surface area is 159 Å². The smallest absolute Gasteiger partial charge is 0.162 e. The van der Waals surface area contributed by atoms with Gasteiger partial charge in [-0.1, -0.05) is 13.8 Å². The average Bonchev–Trinajstić information content (AvgIpc) is 3.11. The predicted octanol–water partition coefficient (Wildman–Crippen LogP) is 3.10. The van der Waals surface area contributed by atoms with Crippen LogP contribution in [0.5, 0.6) is 11.5 Å². The van der Waals surface area contributed by atoms with E-state index in [0.717, 1.165) is 42.2 Å². The highest BCUT2D eigenvalue weighted by molar-refractivity contribution is 5.92. The summed E-state index contributed by atoms with van der Waals surface area (Å²) in [6.07, 6.45) is 5.59. The summed E-state index contributed by atoms with van der Waals surface area (Å²) in [4.78, 5) is 15.7. The van der Waals surface area contributed by atoms with E-state index in [1.807, 2.05) is 18.3 Å². The minimum atomic E-state index is 0.435. The van der Waals surface area contributed by atoms with Crippen LogP contribution >= 0.6 is 0 Å². The first-order valence-corrected chi connectivity index (χ1v) is 9.23. The molecular weight excluding hydrogens is 342 g/mol. The highest BCUT2D eigenvalue weighted by Gasteiger charge is 2.30. The Morgan fingerprint density at radius 1 is 1.07 bits per heavy atom. The van der Waals surface area contributed by atoms with Crippen molar-refractivity contribution in [3.05, 3.63) is 36.7 Å². The summed E-state index contributed by atoms with van der Waals surface area (Å²) >= 11 is 0. The zero-order valence-electron chi connectivity index (χ0n) is 16.2. The van der Waals surface area contributed by atoms with Crippen molar-refractivity contribution in [3.63, 3.8) is 0 Å². The Morgan fingerprint density at radius 2 is 1.81 bits per heavy atom. The number of rotatable bonds is 6. The van der Waals surface area contributed by atoms with Gasteiger partial charge in [0, 0.05) is 55.3 Å². The highest BCUT2D eigenvalue weighted by Crippen LogP contribution is 2.36. The van der Waals surface area contributed by atoms with E-state index in [0.29, 0.717) is 23.3 Å². The number of aromatic nitrogens is 4. The van der Waals surface area contributed by atoms with Crippen LogP contribution in [-0.4, -0.2) is 46.8 Å². The third kappa shape index (κ3) is 3.18. The van der Waals surface area contributed by atoms with Crippen molar-refractivity contribution in [2.45, 2.75) is 26.3 Å². The molecule has 7 heteroatoms. The molecule has 0 radical (unpaired) electrons. The molecule has 142 valence electrons. The lowest BCUT2D eigenvalue weighted by Crippen LogP contribution is -2.49. The van der Waals surface area contributed by atoms with Gasteiger partial charge >= 0.3 is 0 Å². The fourth-order valence-electron chi connectivity index (χ4n) is 3.73. The molecule has 1 fully saturated rings. The average molecular weight is 367 g/mol. The van der Waals surface area contributed by atoms with E-state index in [1.165, 1.54) is 0 Å². The SMILES string of the molecule is COc1cc2ncnc(N3CC(Cn4ccnc4C(C)C)C3)c2cc1OC. The van der Waals surface area contributed by atoms with Crippen LogP contribution in [0.2, 0.25) is 0 Å². The van der Waals surface area contributed by atoms with Crippen LogP contribution in [-0.2, 0) is 6.54 Å². The number of fused-ring (bicyclic) bond motifs is 1. The van der Waals surface area contributed by atoms with Gasteiger partial charge < -0.3 is 18.9 Å². The lowest BCUT2D eigenvalue weighted by molar-refractivity contribution is 0.349. The molecule has 0 amide bonds. The fourth-order valence-corrected chi connectivity index (χ4v) is 3.73. The van der Waals surface area contributed by atoms with Crippen LogP contribution < -0.4 is 14.4 Å². The van der Waals surface area contributed by atoms with Gasteiger partial charge in [0.25, 0.3) is 0 Å². The maximum absolute atomic E-state index is 5.45. The van der Waals surface area contributed by atoms with Crippen molar-refractivity contribution in [2.24, 2.45) is 5.92 Å². The van der Waals surface area contributed by atoms with Gasteiger partial charge in [0.2, 0.25) is 0 Å². The van der Waals surface area contributed by atoms with Crippen LogP contribution in [0, 0.1) is 5.92 Å². The minimum absolute atomic E-state index is 0.435. The number of hydrogen-bond acceptors (Lipinski definition) is 6. The minimum Gasteiger partial charge on any atom is -0.493 e. The van der Waals surface area contributed by atoms with Crippen LogP contribution in [0.25, 0.3) is 10.9 Å². The normalized spacial score (nSPS) is 14.6. The molecule has 27 heavy (non-hydrogen) atoms. The Balaban J connectivity index is 1.54. The van der Waals surface area contributed by atoms with Gasteiger partial charge in [0.1, 0.15) is 18.0 Å². The Morgan fingerprint density at radius 3 is 2.52 bits per heavy atom. The van der Waals surface area contributed by atoms with Crippen molar-refractivity contribution < 1.29 is 9.47 Å². The van der Waals surface area contributed by atoms with Gasteiger partial charge in [0.05, 0.1) is 19.7 Å². The van der Waals surface area contributed by atoms with Crippen LogP contribution in [0.15, 0.2) is 30.9 Å². The standard InChI is InChI=1S/C20H25N5O2/c1-13(2)19-21-5-6-24(19)9-14-10-25(11-14)20-15-7-17(26-3)18(27-4)8-16(15)22-12-23-20/h5-8,12-14H,9-11H2,1-4H3. The number of nitrogens with zero attached hydrogens (tertiary/aromatic N) is 5. The second-order valence-electron chi connectivity index (χ2n) is 7.29. The monoisotopic (exact) mass is 367 g/mol. The van der Waals surface area contributed by atoms with E-state index in [9.17, 15) is 0 Å². The Hall–Kier alpha value is -2.83. The molecule has 0 aliphatic carbocycles. The first-order chi connectivity index (χ1) is 13.1. The van der Waals surface area contributed by atoms with Gasteiger partial charge in [-0.25, -0.2) is 15.0 Å². The molecule has 1 aliphatic rings. The molecule has 0 N–H and O–H groups in total. The number of benzene rings is 1. The molecule has 0 saturated carbocycles. The molecule has 0 spiro atoms. The molecule has 3 aromatic rings. The summed E-state index contributed by atoms with van der Waals surface area (Å²) < 4.78 is 13.1. The first-order valence-electron chi connectivity index (χ1n) is 9.23. The number of anilines is 1.